The molecule has 1 rings (SSSR count). The van der Waals surface area contributed by atoms with Gasteiger partial charge in [0.25, 0.3) is 11.8 Å². The van der Waals surface area contributed by atoms with Crippen LogP contribution in [0.1, 0.15) is 147 Å². The SMILES string of the molecule is CCCCCCCCOc1cc(C(=O)NCCNC(=O)[C@@H](O)[C@H](O)[C@@H](O)[C@@H](O)CO)cc(OCCCCCCCC)c1OCCCCCCCC. The topological polar surface area (TPSA) is 187 Å². The summed E-state index contributed by atoms with van der Waals surface area (Å²) in [5.74, 6) is -0.0278. The van der Waals surface area contributed by atoms with Crippen LogP contribution in [0.4, 0.5) is 0 Å². The molecule has 0 unspecified atom stereocenters. The second-order valence-corrected chi connectivity index (χ2v) is 13.4. The Morgan fingerprint density at radius 2 is 1.00 bits per heavy atom. The third-order valence-corrected chi connectivity index (χ3v) is 8.77. The molecule has 0 radical (unpaired) electrons. The van der Waals surface area contributed by atoms with Crippen LogP contribution in [0.15, 0.2) is 12.1 Å². The number of carbonyl (C=O) groups excluding carboxylic acids is 2. The van der Waals surface area contributed by atoms with E-state index in [4.69, 9.17) is 19.3 Å². The van der Waals surface area contributed by atoms with Gasteiger partial charge in [0.1, 0.15) is 18.3 Å². The highest BCUT2D eigenvalue weighted by molar-refractivity contribution is 5.95. The lowest BCUT2D eigenvalue weighted by Crippen LogP contribution is -2.52. The largest absolute Gasteiger partial charge is 0.490 e. The van der Waals surface area contributed by atoms with Crippen molar-refractivity contribution in [3.05, 3.63) is 17.7 Å². The van der Waals surface area contributed by atoms with E-state index >= 15 is 0 Å². The molecule has 51 heavy (non-hydrogen) atoms. The molecule has 0 spiro atoms. The van der Waals surface area contributed by atoms with E-state index in [1.807, 2.05) is 0 Å². The van der Waals surface area contributed by atoms with Gasteiger partial charge in [-0.2, -0.15) is 0 Å². The van der Waals surface area contributed by atoms with Gasteiger partial charge < -0.3 is 50.4 Å². The van der Waals surface area contributed by atoms with Crippen LogP contribution in [0.5, 0.6) is 17.2 Å². The van der Waals surface area contributed by atoms with Crippen LogP contribution < -0.4 is 24.8 Å². The van der Waals surface area contributed by atoms with Crippen molar-refractivity contribution < 1.29 is 49.3 Å². The lowest BCUT2D eigenvalue weighted by atomic mass is 10.0. The Labute approximate surface area is 306 Å². The van der Waals surface area contributed by atoms with Crippen molar-refractivity contribution in [2.75, 3.05) is 39.5 Å². The number of aliphatic hydroxyl groups is 5. The summed E-state index contributed by atoms with van der Waals surface area (Å²) in [6.07, 6.45) is 12.4. The average molecular weight is 727 g/mol. The second-order valence-electron chi connectivity index (χ2n) is 13.4. The van der Waals surface area contributed by atoms with Crippen molar-refractivity contribution in [2.45, 2.75) is 161 Å². The van der Waals surface area contributed by atoms with Crippen LogP contribution >= 0.6 is 0 Å². The predicted molar refractivity (Wildman–Crippen MR) is 200 cm³/mol. The fourth-order valence-corrected chi connectivity index (χ4v) is 5.50. The Balaban J connectivity index is 3.03. The van der Waals surface area contributed by atoms with Crippen molar-refractivity contribution in [1.29, 1.82) is 0 Å². The van der Waals surface area contributed by atoms with Crippen LogP contribution in [0, 0.1) is 0 Å². The number of unbranched alkanes of at least 4 members (excludes halogenated alkanes) is 15. The molecule has 1 aromatic carbocycles. The van der Waals surface area contributed by atoms with Crippen LogP contribution in [0.25, 0.3) is 0 Å². The molecule has 0 saturated heterocycles. The highest BCUT2D eigenvalue weighted by atomic mass is 16.5. The molecule has 0 heterocycles. The van der Waals surface area contributed by atoms with Gasteiger partial charge in [0, 0.05) is 18.7 Å². The molecule has 0 aromatic heterocycles. The highest BCUT2D eigenvalue weighted by Crippen LogP contribution is 2.39. The third-order valence-electron chi connectivity index (χ3n) is 8.77. The molecule has 0 bridgehead atoms. The third kappa shape index (κ3) is 20.3. The van der Waals surface area contributed by atoms with Gasteiger partial charge in [-0.15, -0.1) is 0 Å². The lowest BCUT2D eigenvalue weighted by molar-refractivity contribution is -0.148. The van der Waals surface area contributed by atoms with E-state index in [-0.39, 0.29) is 13.1 Å². The Bertz CT molecular complexity index is 1000. The zero-order valence-corrected chi connectivity index (χ0v) is 31.7. The molecule has 296 valence electrons. The first-order valence-electron chi connectivity index (χ1n) is 19.7. The minimum Gasteiger partial charge on any atom is -0.490 e. The Morgan fingerprint density at radius 3 is 1.45 bits per heavy atom. The van der Waals surface area contributed by atoms with E-state index in [0.29, 0.717) is 42.6 Å². The number of rotatable bonds is 33. The minimum absolute atomic E-state index is 0.00656. The second kappa shape index (κ2) is 29.9. The number of hydrogen-bond acceptors (Lipinski definition) is 10. The summed E-state index contributed by atoms with van der Waals surface area (Å²) in [5.41, 5.74) is 0.306. The molecule has 0 saturated carbocycles. The van der Waals surface area contributed by atoms with Gasteiger partial charge >= 0.3 is 0 Å². The normalized spacial score (nSPS) is 13.6. The van der Waals surface area contributed by atoms with Gasteiger partial charge in [0.15, 0.2) is 17.6 Å². The molecule has 0 aliphatic carbocycles. The van der Waals surface area contributed by atoms with Crippen molar-refractivity contribution in [2.24, 2.45) is 0 Å². The van der Waals surface area contributed by atoms with Gasteiger partial charge in [0.2, 0.25) is 5.75 Å². The minimum atomic E-state index is -2.06. The first-order valence-corrected chi connectivity index (χ1v) is 19.7. The van der Waals surface area contributed by atoms with E-state index in [1.54, 1.807) is 12.1 Å². The van der Waals surface area contributed by atoms with Gasteiger partial charge in [0.05, 0.1) is 26.4 Å². The molecule has 0 aliphatic heterocycles. The van der Waals surface area contributed by atoms with E-state index in [1.165, 1.54) is 57.8 Å². The predicted octanol–water partition coefficient (Wildman–Crippen LogP) is 5.19. The van der Waals surface area contributed by atoms with E-state index in [9.17, 15) is 30.0 Å². The zero-order valence-electron chi connectivity index (χ0n) is 31.7. The van der Waals surface area contributed by atoms with Crippen molar-refractivity contribution in [3.8, 4) is 17.2 Å². The number of nitrogens with one attached hydrogen (secondary N) is 2. The number of benzene rings is 1. The summed E-state index contributed by atoms with van der Waals surface area (Å²) in [7, 11) is 0. The van der Waals surface area contributed by atoms with Crippen LogP contribution in [0.2, 0.25) is 0 Å². The first kappa shape index (κ1) is 46.4. The molecular formula is C39H70N2O10. The van der Waals surface area contributed by atoms with E-state index < -0.39 is 42.8 Å². The highest BCUT2D eigenvalue weighted by Gasteiger charge is 2.34. The molecule has 4 atom stereocenters. The number of aliphatic hydroxyl groups excluding tert-OH is 5. The summed E-state index contributed by atoms with van der Waals surface area (Å²) in [5, 5.41) is 53.3. The Hall–Kier alpha value is -2.64. The maximum atomic E-state index is 13.3. The Morgan fingerprint density at radius 1 is 0.588 bits per heavy atom. The van der Waals surface area contributed by atoms with Crippen molar-refractivity contribution in [1.82, 2.24) is 10.6 Å². The fourth-order valence-electron chi connectivity index (χ4n) is 5.50. The lowest BCUT2D eigenvalue weighted by Gasteiger charge is -2.24. The van der Waals surface area contributed by atoms with Crippen LogP contribution in [-0.2, 0) is 4.79 Å². The van der Waals surface area contributed by atoms with Gasteiger partial charge in [-0.05, 0) is 31.4 Å². The summed E-state index contributed by atoms with van der Waals surface area (Å²) in [6, 6.07) is 3.32. The number of amides is 2. The summed E-state index contributed by atoms with van der Waals surface area (Å²) in [6.45, 7) is 7.10. The van der Waals surface area contributed by atoms with E-state index in [2.05, 4.69) is 31.4 Å². The molecule has 0 aliphatic rings. The molecule has 1 aromatic rings. The molecule has 7 N–H and O–H groups in total. The number of ether oxygens (including phenoxy) is 3. The molecule has 12 heteroatoms. The molecule has 2 amide bonds. The fraction of sp³-hybridized carbons (Fsp3) is 0.795. The molecule has 0 fully saturated rings. The van der Waals surface area contributed by atoms with Crippen molar-refractivity contribution >= 4 is 11.8 Å². The monoisotopic (exact) mass is 727 g/mol. The number of carbonyl (C=O) groups is 2. The quantitative estimate of drug-likeness (QED) is 0.0476. The maximum Gasteiger partial charge on any atom is 0.251 e. The number of hydrogen-bond donors (Lipinski definition) is 7. The summed E-state index contributed by atoms with van der Waals surface area (Å²) in [4.78, 5) is 25.6. The zero-order chi connectivity index (χ0) is 37.7. The summed E-state index contributed by atoms with van der Waals surface area (Å²) < 4.78 is 18.8. The standard InChI is InChI=1S/C39H70N2O10/c1-4-7-10-13-16-19-24-49-32-27-30(38(47)40-22-23-41-39(48)36(46)35(45)34(44)31(43)29-42)28-33(50-25-20-17-14-11-8-5-2)37(32)51-26-21-18-15-12-9-6-3/h27-28,31,34-36,42-46H,4-26,29H2,1-3H3,(H,40,47)(H,41,48)/t31-,34-,35+,36-/m0/s1. The van der Waals surface area contributed by atoms with Crippen LogP contribution in [-0.4, -0.2) is 101 Å². The average Bonchev–Trinajstić information content (AvgIpc) is 3.14. The molecular weight excluding hydrogens is 656 g/mol. The van der Waals surface area contributed by atoms with Gasteiger partial charge in [-0.3, -0.25) is 9.59 Å². The first-order chi connectivity index (χ1) is 24.7. The van der Waals surface area contributed by atoms with Crippen LogP contribution in [0.3, 0.4) is 0 Å². The van der Waals surface area contributed by atoms with Gasteiger partial charge in [-0.1, -0.05) is 117 Å². The summed E-state index contributed by atoms with van der Waals surface area (Å²) >= 11 is 0. The van der Waals surface area contributed by atoms with Crippen molar-refractivity contribution in [3.63, 3.8) is 0 Å². The molecule has 12 nitrogen and oxygen atoms in total. The smallest absolute Gasteiger partial charge is 0.251 e. The van der Waals surface area contributed by atoms with Gasteiger partial charge in [-0.25, -0.2) is 0 Å². The maximum absolute atomic E-state index is 13.3. The van der Waals surface area contributed by atoms with E-state index in [0.717, 1.165) is 57.8 Å². The Kier molecular flexibility index (Phi) is 27.2.